The van der Waals surface area contributed by atoms with Gasteiger partial charge in [-0.1, -0.05) is 194 Å². The number of hydrogen-bond donors (Lipinski definition) is 0. The summed E-state index contributed by atoms with van der Waals surface area (Å²) >= 11 is 0. The van der Waals surface area contributed by atoms with Crippen molar-refractivity contribution < 1.29 is 25.8 Å². The number of anilines is 4. The molecule has 1 aliphatic carbocycles. The Bertz CT molecular complexity index is 3920. The third kappa shape index (κ3) is 7.14. The fourth-order valence-corrected chi connectivity index (χ4v) is 11.4. The van der Waals surface area contributed by atoms with Gasteiger partial charge in [-0.25, -0.2) is 4.98 Å². The maximum atomic E-state index is 6.78. The van der Waals surface area contributed by atoms with Gasteiger partial charge in [-0.3, -0.25) is 0 Å². The molecular weight excluding hydrogens is 1070 g/mol. The van der Waals surface area contributed by atoms with Crippen molar-refractivity contribution in [2.24, 2.45) is 0 Å². The number of pyridine rings is 1. The van der Waals surface area contributed by atoms with Crippen LogP contribution in [0.25, 0.3) is 61.0 Å². The van der Waals surface area contributed by atoms with Crippen LogP contribution in [0.15, 0.2) is 255 Å². The standard InChI is InChI=1S/C67H43N4O.Pt/c1-4-20-46(21-5-1)53-31-19-32-54(47-22-6-2-7-23-47)66(53)70-45-69(62-36-16-17-37-63(62)70)50-26-18-27-51(43-50)72-52-38-39-58-57-30-12-15-35-61(57)71(64(58)44-52)65-42-49(40-41-68-65)67(48-24-8-3-9-25-48)59-33-13-10-28-55(59)56-29-11-14-34-60(56)67;/h1-42,45H;/q-3;. The maximum absolute atomic E-state index is 6.78. The normalized spacial score (nSPS) is 13.1. The summed E-state index contributed by atoms with van der Waals surface area (Å²) in [5.41, 5.74) is 17.3. The zero-order valence-corrected chi connectivity index (χ0v) is 41.6. The molecule has 2 aliphatic rings. The molecule has 0 saturated carbocycles. The first-order valence-corrected chi connectivity index (χ1v) is 24.4. The predicted molar refractivity (Wildman–Crippen MR) is 292 cm³/mol. The Balaban J connectivity index is 0.00000516. The van der Waals surface area contributed by atoms with E-state index >= 15 is 0 Å². The van der Waals surface area contributed by atoms with E-state index in [0.29, 0.717) is 11.5 Å². The average Bonchev–Trinajstić information content (AvgIpc) is 4.11. The summed E-state index contributed by atoms with van der Waals surface area (Å²) in [5, 5.41) is 2.17. The van der Waals surface area contributed by atoms with Crippen LogP contribution in [0.2, 0.25) is 0 Å². The van der Waals surface area contributed by atoms with Crippen LogP contribution in [-0.2, 0) is 26.5 Å². The van der Waals surface area contributed by atoms with Crippen molar-refractivity contribution in [1.29, 1.82) is 0 Å². The van der Waals surface area contributed by atoms with E-state index in [0.717, 1.165) is 78.2 Å². The summed E-state index contributed by atoms with van der Waals surface area (Å²) in [6.45, 7) is 2.18. The second kappa shape index (κ2) is 18.1. The van der Waals surface area contributed by atoms with Gasteiger partial charge in [-0.2, -0.15) is 12.1 Å². The molecule has 10 aromatic carbocycles. The molecule has 0 radical (unpaired) electrons. The predicted octanol–water partition coefficient (Wildman–Crippen LogP) is 16.7. The van der Waals surface area contributed by atoms with Gasteiger partial charge in [0.15, 0.2) is 0 Å². The molecule has 12 aromatic rings. The van der Waals surface area contributed by atoms with Gasteiger partial charge in [-0.15, -0.1) is 48.1 Å². The molecular formula is C67H43N4OPt-3. The second-order valence-corrected chi connectivity index (χ2v) is 18.3. The van der Waals surface area contributed by atoms with Crippen molar-refractivity contribution in [3.63, 3.8) is 0 Å². The SMILES string of the molecule is [Pt].[c-]1c(Oc2[c-]c3c(cc2)c2ccccc2n3-c2cc(C3(c4ccccc4)c4ccccc4-c4ccccc43)ccn2)cccc1N1[CH-]N(c2c(-c3ccccc3)cccc2-c2ccccc2)c2ccccc21. The second-order valence-electron chi connectivity index (χ2n) is 18.3. The Morgan fingerprint density at radius 3 is 1.70 bits per heavy atom. The number of fused-ring (bicyclic) bond motifs is 7. The number of benzene rings is 10. The van der Waals surface area contributed by atoms with Crippen LogP contribution >= 0.6 is 0 Å². The van der Waals surface area contributed by atoms with Crippen LogP contribution in [-0.4, -0.2) is 9.55 Å². The van der Waals surface area contributed by atoms with Gasteiger partial charge in [0.25, 0.3) is 0 Å². The Labute approximate surface area is 439 Å². The number of hydrogen-bond acceptors (Lipinski definition) is 4. The first-order chi connectivity index (χ1) is 35.7. The number of rotatable bonds is 9. The fourth-order valence-electron chi connectivity index (χ4n) is 11.4. The Kier molecular flexibility index (Phi) is 11.0. The van der Waals surface area contributed by atoms with Gasteiger partial charge in [0, 0.05) is 72.5 Å². The molecule has 0 fully saturated rings. The van der Waals surface area contributed by atoms with E-state index < -0.39 is 5.41 Å². The third-order valence-corrected chi connectivity index (χ3v) is 14.4. The summed E-state index contributed by atoms with van der Waals surface area (Å²) < 4.78 is 9.02. The number of ether oxygens (including phenoxy) is 1. The maximum Gasteiger partial charge on any atom is 0.135 e. The van der Waals surface area contributed by atoms with E-state index in [1.807, 2.05) is 24.4 Å². The largest absolute Gasteiger partial charge is 0.509 e. The monoisotopic (exact) mass is 1110 g/mol. The number of aromatic nitrogens is 2. The molecule has 0 amide bonds. The summed E-state index contributed by atoms with van der Waals surface area (Å²) in [6, 6.07) is 95.5. The molecule has 0 unspecified atom stereocenters. The molecule has 350 valence electrons. The smallest absolute Gasteiger partial charge is 0.135 e. The molecule has 0 bridgehead atoms. The Morgan fingerprint density at radius 1 is 0.438 bits per heavy atom. The molecule has 6 heteroatoms. The van der Waals surface area contributed by atoms with Crippen LogP contribution in [0.5, 0.6) is 11.5 Å². The number of para-hydroxylation sites is 4. The average molecular weight is 1120 g/mol. The van der Waals surface area contributed by atoms with Crippen LogP contribution in [0.4, 0.5) is 22.7 Å². The van der Waals surface area contributed by atoms with Crippen LogP contribution in [0.1, 0.15) is 22.3 Å². The molecule has 0 saturated heterocycles. The Morgan fingerprint density at radius 2 is 1.00 bits per heavy atom. The minimum Gasteiger partial charge on any atom is -0.509 e. The van der Waals surface area contributed by atoms with Crippen LogP contribution < -0.4 is 14.5 Å². The van der Waals surface area contributed by atoms with Crippen molar-refractivity contribution in [1.82, 2.24) is 9.55 Å². The first kappa shape index (κ1) is 44.2. The van der Waals surface area contributed by atoms with Crippen molar-refractivity contribution in [2.75, 3.05) is 9.80 Å². The minimum absolute atomic E-state index is 0. The summed E-state index contributed by atoms with van der Waals surface area (Å²) in [4.78, 5) is 9.65. The molecule has 3 heterocycles. The molecule has 0 atom stereocenters. The summed E-state index contributed by atoms with van der Waals surface area (Å²) in [6.07, 6.45) is 1.96. The summed E-state index contributed by atoms with van der Waals surface area (Å²) in [5.74, 6) is 1.95. The van der Waals surface area contributed by atoms with E-state index in [1.54, 1.807) is 0 Å². The molecule has 1 aliphatic heterocycles. The van der Waals surface area contributed by atoms with E-state index in [1.165, 1.54) is 27.8 Å². The van der Waals surface area contributed by atoms with Gasteiger partial charge in [0.1, 0.15) is 5.82 Å². The van der Waals surface area contributed by atoms with Crippen LogP contribution in [0.3, 0.4) is 0 Å². The first-order valence-electron chi connectivity index (χ1n) is 24.4. The fraction of sp³-hybridized carbons (Fsp3) is 0.0149. The zero-order valence-electron chi connectivity index (χ0n) is 39.3. The minimum atomic E-state index is -0.566. The van der Waals surface area contributed by atoms with E-state index in [2.05, 4.69) is 264 Å². The van der Waals surface area contributed by atoms with E-state index in [9.17, 15) is 0 Å². The van der Waals surface area contributed by atoms with E-state index in [-0.39, 0.29) is 21.1 Å². The van der Waals surface area contributed by atoms with Gasteiger partial charge in [-0.05, 0) is 80.2 Å². The van der Waals surface area contributed by atoms with Gasteiger partial charge < -0.3 is 19.1 Å². The summed E-state index contributed by atoms with van der Waals surface area (Å²) in [7, 11) is 0. The van der Waals surface area contributed by atoms with Gasteiger partial charge in [0.2, 0.25) is 0 Å². The molecule has 2 aromatic heterocycles. The van der Waals surface area contributed by atoms with Crippen molar-refractivity contribution in [2.45, 2.75) is 5.41 Å². The quantitative estimate of drug-likeness (QED) is 0.135. The molecule has 0 spiro atoms. The van der Waals surface area contributed by atoms with Crippen molar-refractivity contribution >= 4 is 44.6 Å². The zero-order chi connectivity index (χ0) is 47.6. The number of nitrogens with zero attached hydrogens (tertiary/aromatic N) is 4. The topological polar surface area (TPSA) is 33.5 Å². The molecule has 5 nitrogen and oxygen atoms in total. The molecule has 73 heavy (non-hydrogen) atoms. The van der Waals surface area contributed by atoms with Gasteiger partial charge in [0.05, 0.1) is 5.41 Å². The van der Waals surface area contributed by atoms with Gasteiger partial charge >= 0.3 is 0 Å². The molecule has 0 N–H and O–H groups in total. The van der Waals surface area contributed by atoms with Crippen LogP contribution in [0, 0.1) is 18.8 Å². The van der Waals surface area contributed by atoms with E-state index in [4.69, 9.17) is 9.72 Å². The third-order valence-electron chi connectivity index (χ3n) is 14.4. The van der Waals surface area contributed by atoms with Crippen molar-refractivity contribution in [3.05, 3.63) is 296 Å². The molecule has 14 rings (SSSR count). The Hall–Kier alpha value is -8.76. The van der Waals surface area contributed by atoms with Crippen molar-refractivity contribution in [3.8, 4) is 50.7 Å².